The molecule has 3 N–H and O–H groups in total. The Morgan fingerprint density at radius 3 is 2.90 bits per heavy atom. The molecule has 0 aliphatic carbocycles. The summed E-state index contributed by atoms with van der Waals surface area (Å²) in [6, 6.07) is 4.31. The Morgan fingerprint density at radius 1 is 1.55 bits per heavy atom. The average Bonchev–Trinajstić information content (AvgIpc) is 2.85. The number of nitro groups is 1. The lowest BCUT2D eigenvalue weighted by Gasteiger charge is -2.22. The third-order valence-electron chi connectivity index (χ3n) is 3.65. The van der Waals surface area contributed by atoms with Crippen LogP contribution in [0.5, 0.6) is 0 Å². The van der Waals surface area contributed by atoms with Gasteiger partial charge in [-0.15, -0.1) is 0 Å². The molecule has 1 fully saturated rings. The van der Waals surface area contributed by atoms with Crippen molar-refractivity contribution in [2.45, 2.75) is 25.4 Å². The highest BCUT2D eigenvalue weighted by atomic mass is 16.6. The van der Waals surface area contributed by atoms with Gasteiger partial charge in [0.25, 0.3) is 5.69 Å². The summed E-state index contributed by atoms with van der Waals surface area (Å²) >= 11 is 0. The maximum absolute atomic E-state index is 11.1. The van der Waals surface area contributed by atoms with Crippen molar-refractivity contribution in [1.29, 1.82) is 0 Å². The molecule has 1 heterocycles. The maximum atomic E-state index is 11.1. The van der Waals surface area contributed by atoms with Crippen LogP contribution in [0.1, 0.15) is 28.8 Å². The van der Waals surface area contributed by atoms with Crippen LogP contribution in [0.15, 0.2) is 18.2 Å². The standard InChI is InChI=1S/C13H17N3O4/c14-13(18)9-3-4-10(12(6-9)16(19)20)7-15-5-1-2-11(15)8-17/h3-4,6,11,17H,1-2,5,7-8H2,(H2,14,18)/t11-/m0/s1. The lowest BCUT2D eigenvalue weighted by atomic mass is 10.1. The van der Waals surface area contributed by atoms with Crippen LogP contribution in [0.3, 0.4) is 0 Å². The highest BCUT2D eigenvalue weighted by Crippen LogP contribution is 2.25. The molecule has 0 radical (unpaired) electrons. The Hall–Kier alpha value is -1.99. The third kappa shape index (κ3) is 2.94. The number of hydrogen-bond donors (Lipinski definition) is 2. The molecule has 1 atom stereocenters. The number of primary amides is 1. The number of hydrogen-bond acceptors (Lipinski definition) is 5. The van der Waals surface area contributed by atoms with E-state index in [0.717, 1.165) is 19.4 Å². The molecule has 7 heteroatoms. The van der Waals surface area contributed by atoms with Crippen molar-refractivity contribution in [2.24, 2.45) is 5.73 Å². The third-order valence-corrected chi connectivity index (χ3v) is 3.65. The van der Waals surface area contributed by atoms with Crippen LogP contribution >= 0.6 is 0 Å². The van der Waals surface area contributed by atoms with E-state index in [4.69, 9.17) is 5.73 Å². The lowest BCUT2D eigenvalue weighted by Crippen LogP contribution is -2.31. The van der Waals surface area contributed by atoms with Gasteiger partial charge in [-0.25, -0.2) is 0 Å². The largest absolute Gasteiger partial charge is 0.395 e. The Balaban J connectivity index is 2.27. The van der Waals surface area contributed by atoms with Crippen molar-refractivity contribution in [2.75, 3.05) is 13.2 Å². The zero-order valence-electron chi connectivity index (χ0n) is 11.0. The fraction of sp³-hybridized carbons (Fsp3) is 0.462. The molecule has 0 bridgehead atoms. The zero-order valence-corrected chi connectivity index (χ0v) is 11.0. The van der Waals surface area contributed by atoms with Gasteiger partial charge in [-0.05, 0) is 25.5 Å². The molecule has 20 heavy (non-hydrogen) atoms. The summed E-state index contributed by atoms with van der Waals surface area (Å²) in [7, 11) is 0. The molecule has 1 saturated heterocycles. The van der Waals surface area contributed by atoms with Gasteiger partial charge in [-0.3, -0.25) is 19.8 Å². The summed E-state index contributed by atoms with van der Waals surface area (Å²) < 4.78 is 0. The van der Waals surface area contributed by atoms with Gasteiger partial charge in [0.15, 0.2) is 0 Å². The van der Waals surface area contributed by atoms with E-state index in [2.05, 4.69) is 0 Å². The highest BCUT2D eigenvalue weighted by molar-refractivity contribution is 5.93. The number of carbonyl (C=O) groups is 1. The fourth-order valence-corrected chi connectivity index (χ4v) is 2.55. The van der Waals surface area contributed by atoms with Crippen LogP contribution in [0.4, 0.5) is 5.69 Å². The first-order valence-electron chi connectivity index (χ1n) is 6.45. The SMILES string of the molecule is NC(=O)c1ccc(CN2CCC[C@H]2CO)c([N+](=O)[O-])c1. The highest BCUT2D eigenvalue weighted by Gasteiger charge is 2.26. The summed E-state index contributed by atoms with van der Waals surface area (Å²) in [5.41, 5.74) is 5.68. The van der Waals surface area contributed by atoms with Gasteiger partial charge in [-0.2, -0.15) is 0 Å². The van der Waals surface area contributed by atoms with Gasteiger partial charge < -0.3 is 10.8 Å². The number of nitrogens with zero attached hydrogens (tertiary/aromatic N) is 2. The van der Waals surface area contributed by atoms with Gasteiger partial charge in [0, 0.05) is 29.8 Å². The number of benzene rings is 1. The zero-order chi connectivity index (χ0) is 14.7. The predicted octanol–water partition coefficient (Wildman–Crippen LogP) is 0.650. The summed E-state index contributed by atoms with van der Waals surface area (Å²) in [6.07, 6.45) is 1.86. The Kier molecular flexibility index (Phi) is 4.31. The number of amides is 1. The Morgan fingerprint density at radius 2 is 2.30 bits per heavy atom. The number of nitro benzene ring substituents is 1. The van der Waals surface area contributed by atoms with Crippen LogP contribution in [0, 0.1) is 10.1 Å². The normalized spacial score (nSPS) is 19.1. The fourth-order valence-electron chi connectivity index (χ4n) is 2.55. The van der Waals surface area contributed by atoms with Gasteiger partial charge in [0.2, 0.25) is 5.91 Å². The van der Waals surface area contributed by atoms with Gasteiger partial charge >= 0.3 is 0 Å². The van der Waals surface area contributed by atoms with Gasteiger partial charge in [0.1, 0.15) is 0 Å². The second-order valence-corrected chi connectivity index (χ2v) is 4.91. The van der Waals surface area contributed by atoms with Crippen molar-refractivity contribution < 1.29 is 14.8 Å². The van der Waals surface area contributed by atoms with Crippen LogP contribution in [-0.4, -0.2) is 40.0 Å². The van der Waals surface area contributed by atoms with Crippen LogP contribution in [0.25, 0.3) is 0 Å². The minimum Gasteiger partial charge on any atom is -0.395 e. The Labute approximate surface area is 116 Å². The number of likely N-dealkylation sites (tertiary alicyclic amines) is 1. The van der Waals surface area contributed by atoms with E-state index in [-0.39, 0.29) is 23.9 Å². The number of nitrogens with two attached hydrogens (primary N) is 1. The summed E-state index contributed by atoms with van der Waals surface area (Å²) in [5.74, 6) is -0.686. The first-order valence-corrected chi connectivity index (χ1v) is 6.45. The van der Waals surface area contributed by atoms with Crippen molar-refractivity contribution in [1.82, 2.24) is 4.90 Å². The van der Waals surface area contributed by atoms with E-state index in [1.165, 1.54) is 12.1 Å². The molecule has 2 rings (SSSR count). The summed E-state index contributed by atoms with van der Waals surface area (Å²) in [5, 5.41) is 20.4. The van der Waals surface area contributed by atoms with Crippen molar-refractivity contribution in [3.8, 4) is 0 Å². The molecule has 1 aliphatic rings. The minimum absolute atomic E-state index is 0.0467. The average molecular weight is 279 g/mol. The quantitative estimate of drug-likeness (QED) is 0.607. The number of aliphatic hydroxyl groups is 1. The van der Waals surface area contributed by atoms with Crippen LogP contribution in [0.2, 0.25) is 0 Å². The molecule has 1 amide bonds. The molecule has 1 aliphatic heterocycles. The molecule has 0 aromatic heterocycles. The second-order valence-electron chi connectivity index (χ2n) is 4.91. The summed E-state index contributed by atoms with van der Waals surface area (Å²) in [4.78, 5) is 23.7. The monoisotopic (exact) mass is 279 g/mol. The molecular weight excluding hydrogens is 262 g/mol. The van der Waals surface area contributed by atoms with Crippen LogP contribution in [-0.2, 0) is 6.54 Å². The minimum atomic E-state index is -0.686. The van der Waals surface area contributed by atoms with Crippen molar-refractivity contribution in [3.05, 3.63) is 39.4 Å². The van der Waals surface area contributed by atoms with Crippen molar-refractivity contribution in [3.63, 3.8) is 0 Å². The number of rotatable bonds is 5. The molecule has 1 aromatic rings. The smallest absolute Gasteiger partial charge is 0.274 e. The van der Waals surface area contributed by atoms with Crippen molar-refractivity contribution >= 4 is 11.6 Å². The molecule has 1 aromatic carbocycles. The molecule has 0 unspecified atom stereocenters. The van der Waals surface area contributed by atoms with E-state index < -0.39 is 10.8 Å². The molecule has 0 saturated carbocycles. The lowest BCUT2D eigenvalue weighted by molar-refractivity contribution is -0.385. The topological polar surface area (TPSA) is 110 Å². The van der Waals surface area contributed by atoms with E-state index in [0.29, 0.717) is 12.1 Å². The van der Waals surface area contributed by atoms with Gasteiger partial charge in [-0.1, -0.05) is 6.07 Å². The van der Waals surface area contributed by atoms with E-state index in [9.17, 15) is 20.0 Å². The van der Waals surface area contributed by atoms with E-state index in [1.807, 2.05) is 4.90 Å². The first-order chi connectivity index (χ1) is 9.52. The number of carbonyl (C=O) groups excluding carboxylic acids is 1. The summed E-state index contributed by atoms with van der Waals surface area (Å²) in [6.45, 7) is 1.24. The van der Waals surface area contributed by atoms with Gasteiger partial charge in [0.05, 0.1) is 11.5 Å². The first kappa shape index (κ1) is 14.4. The Bertz CT molecular complexity index is 532. The molecule has 108 valence electrons. The molecular formula is C13H17N3O4. The predicted molar refractivity (Wildman–Crippen MR) is 72.1 cm³/mol. The molecule has 0 spiro atoms. The number of aliphatic hydroxyl groups excluding tert-OH is 1. The van der Waals surface area contributed by atoms with E-state index in [1.54, 1.807) is 6.07 Å². The maximum Gasteiger partial charge on any atom is 0.274 e. The van der Waals surface area contributed by atoms with Crippen LogP contribution < -0.4 is 5.73 Å². The molecule has 7 nitrogen and oxygen atoms in total. The second kappa shape index (κ2) is 5.98. The van der Waals surface area contributed by atoms with E-state index >= 15 is 0 Å².